The van der Waals surface area contributed by atoms with E-state index >= 15 is 0 Å². The first kappa shape index (κ1) is 7.55. The Morgan fingerprint density at radius 3 is 2.30 bits per heavy atom. The Kier molecular flexibility index (Phi) is 1.95. The molecule has 0 saturated carbocycles. The smallest absolute Gasteiger partial charge is 0.235 e. The van der Waals surface area contributed by atoms with E-state index in [9.17, 15) is 4.79 Å². The first-order valence-corrected chi connectivity index (χ1v) is 3.58. The zero-order valence-corrected chi connectivity index (χ0v) is 6.56. The first-order valence-electron chi connectivity index (χ1n) is 3.20. The number of hydrogen-bond acceptors (Lipinski definition) is 1. The van der Waals surface area contributed by atoms with Crippen molar-refractivity contribution in [3.63, 3.8) is 0 Å². The van der Waals surface area contributed by atoms with E-state index in [4.69, 9.17) is 11.6 Å². The van der Waals surface area contributed by atoms with Gasteiger partial charge in [-0.1, -0.05) is 24.3 Å². The molecule has 0 atom stereocenters. The van der Waals surface area contributed by atoms with Gasteiger partial charge in [-0.3, -0.25) is 4.79 Å². The molecule has 0 N–H and O–H groups in total. The van der Waals surface area contributed by atoms with Crippen LogP contribution in [-0.4, -0.2) is 5.24 Å². The van der Waals surface area contributed by atoms with Gasteiger partial charge in [0.2, 0.25) is 5.24 Å². The molecule has 0 aromatic rings. The van der Waals surface area contributed by atoms with E-state index in [1.807, 2.05) is 24.3 Å². The minimum atomic E-state index is -0.556. The van der Waals surface area contributed by atoms with Crippen molar-refractivity contribution in [2.75, 3.05) is 0 Å². The maximum absolute atomic E-state index is 10.8. The molecule has 2 heteroatoms. The van der Waals surface area contributed by atoms with Crippen molar-refractivity contribution < 1.29 is 4.79 Å². The average molecular weight is 157 g/mol. The van der Waals surface area contributed by atoms with Crippen LogP contribution in [0.4, 0.5) is 0 Å². The van der Waals surface area contributed by atoms with Gasteiger partial charge in [0.1, 0.15) is 0 Å². The van der Waals surface area contributed by atoms with E-state index < -0.39 is 5.41 Å². The van der Waals surface area contributed by atoms with Gasteiger partial charge in [0.05, 0.1) is 5.41 Å². The zero-order valence-electron chi connectivity index (χ0n) is 5.80. The molecule has 1 aliphatic rings. The van der Waals surface area contributed by atoms with E-state index in [-0.39, 0.29) is 5.24 Å². The molecule has 0 aliphatic heterocycles. The van der Waals surface area contributed by atoms with Gasteiger partial charge < -0.3 is 0 Å². The molecule has 0 saturated heterocycles. The molecule has 0 bridgehead atoms. The van der Waals surface area contributed by atoms with E-state index in [0.717, 1.165) is 6.42 Å². The molecular formula is C8H9ClO. The Morgan fingerprint density at radius 2 is 2.00 bits per heavy atom. The van der Waals surface area contributed by atoms with Crippen molar-refractivity contribution >= 4 is 16.8 Å². The highest BCUT2D eigenvalue weighted by Gasteiger charge is 2.25. The Labute approximate surface area is 65.4 Å². The van der Waals surface area contributed by atoms with Gasteiger partial charge >= 0.3 is 0 Å². The molecule has 0 aromatic carbocycles. The van der Waals surface area contributed by atoms with E-state index in [1.165, 1.54) is 0 Å². The summed E-state index contributed by atoms with van der Waals surface area (Å²) < 4.78 is 0. The van der Waals surface area contributed by atoms with E-state index in [1.54, 1.807) is 6.92 Å². The van der Waals surface area contributed by atoms with Crippen LogP contribution in [0.25, 0.3) is 0 Å². The van der Waals surface area contributed by atoms with Crippen LogP contribution in [0.5, 0.6) is 0 Å². The van der Waals surface area contributed by atoms with E-state index in [0.29, 0.717) is 0 Å². The van der Waals surface area contributed by atoms with Crippen molar-refractivity contribution in [1.29, 1.82) is 0 Å². The summed E-state index contributed by atoms with van der Waals surface area (Å²) in [7, 11) is 0. The van der Waals surface area contributed by atoms with Crippen LogP contribution in [0.2, 0.25) is 0 Å². The highest BCUT2D eigenvalue weighted by Crippen LogP contribution is 2.26. The van der Waals surface area contributed by atoms with Crippen LogP contribution in [0, 0.1) is 5.41 Å². The Morgan fingerprint density at radius 1 is 1.50 bits per heavy atom. The molecule has 0 spiro atoms. The minimum absolute atomic E-state index is 0.320. The van der Waals surface area contributed by atoms with Crippen molar-refractivity contribution in [3.8, 4) is 0 Å². The number of hydrogen-bond donors (Lipinski definition) is 0. The molecule has 0 radical (unpaired) electrons. The lowest BCUT2D eigenvalue weighted by Gasteiger charge is -2.18. The number of allylic oxidation sites excluding steroid dienone is 4. The van der Waals surface area contributed by atoms with Crippen molar-refractivity contribution in [1.82, 2.24) is 0 Å². The number of carbonyl (C=O) groups is 1. The van der Waals surface area contributed by atoms with Crippen LogP contribution < -0.4 is 0 Å². The second kappa shape index (κ2) is 2.59. The van der Waals surface area contributed by atoms with Crippen LogP contribution in [0.3, 0.4) is 0 Å². The molecule has 1 aliphatic carbocycles. The minimum Gasteiger partial charge on any atom is -0.280 e. The zero-order chi connectivity index (χ0) is 7.61. The highest BCUT2D eigenvalue weighted by molar-refractivity contribution is 6.65. The third-order valence-corrected chi connectivity index (χ3v) is 2.03. The van der Waals surface area contributed by atoms with Crippen molar-refractivity contribution in [2.24, 2.45) is 5.41 Å². The number of carbonyl (C=O) groups excluding carboxylic acids is 1. The van der Waals surface area contributed by atoms with Crippen LogP contribution in [0.1, 0.15) is 13.3 Å². The molecule has 0 unspecified atom stereocenters. The second-order valence-corrected chi connectivity index (χ2v) is 2.94. The molecule has 1 rings (SSSR count). The topological polar surface area (TPSA) is 17.1 Å². The fraction of sp³-hybridized carbons (Fsp3) is 0.375. The van der Waals surface area contributed by atoms with E-state index in [2.05, 4.69) is 0 Å². The van der Waals surface area contributed by atoms with Gasteiger partial charge in [-0.2, -0.15) is 0 Å². The SMILES string of the molecule is CC1(C(=O)Cl)C=CCC=C1. The predicted molar refractivity (Wildman–Crippen MR) is 41.9 cm³/mol. The maximum Gasteiger partial charge on any atom is 0.235 e. The standard InChI is InChI=1S/C8H9ClO/c1-8(7(9)10)5-3-2-4-6-8/h3-6H,2H2,1H3. The van der Waals surface area contributed by atoms with Gasteiger partial charge in [0.25, 0.3) is 0 Å². The first-order chi connectivity index (χ1) is 4.65. The lowest BCUT2D eigenvalue weighted by molar-refractivity contribution is -0.115. The lowest BCUT2D eigenvalue weighted by atomic mass is 9.88. The molecule has 10 heavy (non-hydrogen) atoms. The van der Waals surface area contributed by atoms with Crippen molar-refractivity contribution in [2.45, 2.75) is 13.3 Å². The predicted octanol–water partition coefficient (Wildman–Crippen LogP) is 2.27. The number of halogens is 1. The van der Waals surface area contributed by atoms with Gasteiger partial charge in [0, 0.05) is 0 Å². The summed E-state index contributed by atoms with van der Waals surface area (Å²) in [5.41, 5.74) is -0.556. The fourth-order valence-corrected chi connectivity index (χ4v) is 1.02. The van der Waals surface area contributed by atoms with Gasteiger partial charge in [-0.15, -0.1) is 0 Å². The Balaban J connectivity index is 2.85. The molecule has 54 valence electrons. The maximum atomic E-state index is 10.8. The molecule has 1 nitrogen and oxygen atoms in total. The monoisotopic (exact) mass is 156 g/mol. The average Bonchev–Trinajstić information content (AvgIpc) is 1.89. The summed E-state index contributed by atoms with van der Waals surface area (Å²) in [6, 6.07) is 0. The fourth-order valence-electron chi connectivity index (χ4n) is 0.891. The van der Waals surface area contributed by atoms with Gasteiger partial charge in [0.15, 0.2) is 0 Å². The summed E-state index contributed by atoms with van der Waals surface area (Å²) in [6.07, 6.45) is 8.46. The molecule has 0 fully saturated rings. The summed E-state index contributed by atoms with van der Waals surface area (Å²) in [5, 5.41) is -0.320. The van der Waals surface area contributed by atoms with Gasteiger partial charge in [-0.25, -0.2) is 0 Å². The summed E-state index contributed by atoms with van der Waals surface area (Å²) in [4.78, 5) is 10.8. The number of rotatable bonds is 1. The largest absolute Gasteiger partial charge is 0.280 e. The molecule has 0 aromatic heterocycles. The van der Waals surface area contributed by atoms with Crippen LogP contribution >= 0.6 is 11.6 Å². The third-order valence-electron chi connectivity index (χ3n) is 1.62. The second-order valence-electron chi connectivity index (χ2n) is 2.60. The summed E-state index contributed by atoms with van der Waals surface area (Å²) >= 11 is 5.36. The lowest BCUT2D eigenvalue weighted by Crippen LogP contribution is -2.19. The molecular weight excluding hydrogens is 148 g/mol. The van der Waals surface area contributed by atoms with Gasteiger partial charge in [-0.05, 0) is 24.9 Å². The van der Waals surface area contributed by atoms with Crippen LogP contribution in [-0.2, 0) is 4.79 Å². The Bertz CT molecular complexity index is 191. The molecule has 0 amide bonds. The van der Waals surface area contributed by atoms with Crippen molar-refractivity contribution in [3.05, 3.63) is 24.3 Å². The third kappa shape index (κ3) is 1.29. The normalized spacial score (nSPS) is 21.0. The summed E-state index contributed by atoms with van der Waals surface area (Å²) in [5.74, 6) is 0. The Hall–Kier alpha value is -0.560. The highest BCUT2D eigenvalue weighted by atomic mass is 35.5. The quantitative estimate of drug-likeness (QED) is 0.421. The van der Waals surface area contributed by atoms with Crippen LogP contribution in [0.15, 0.2) is 24.3 Å². The summed E-state index contributed by atoms with van der Waals surface area (Å²) in [6.45, 7) is 1.80. The molecule has 0 heterocycles.